The molecule has 2 N–H and O–H groups in total. The van der Waals surface area contributed by atoms with Crippen molar-refractivity contribution in [3.63, 3.8) is 0 Å². The van der Waals surface area contributed by atoms with Gasteiger partial charge in [0.2, 0.25) is 0 Å². The molecule has 25 heavy (non-hydrogen) atoms. The highest BCUT2D eigenvalue weighted by Gasteiger charge is 2.32. The highest BCUT2D eigenvalue weighted by Crippen LogP contribution is 2.39. The molecule has 1 atom stereocenters. The Labute approximate surface area is 152 Å². The van der Waals surface area contributed by atoms with Crippen LogP contribution in [0, 0.1) is 5.92 Å². The molecule has 132 valence electrons. The molecule has 1 fully saturated rings. The number of halogens is 1. The third-order valence-electron chi connectivity index (χ3n) is 5.42. The summed E-state index contributed by atoms with van der Waals surface area (Å²) >= 11 is 6.24. The van der Waals surface area contributed by atoms with Crippen molar-refractivity contribution in [1.29, 1.82) is 0 Å². The van der Waals surface area contributed by atoms with Crippen LogP contribution in [0.15, 0.2) is 36.7 Å². The SMILES string of the molecule is O=C(NCC1CCn2ccnc2C1)NC1CC(c2ccccc2Cl)C1. The number of benzene rings is 1. The van der Waals surface area contributed by atoms with Crippen molar-refractivity contribution in [2.24, 2.45) is 5.92 Å². The molecule has 2 amide bonds. The Hall–Kier alpha value is -2.01. The lowest BCUT2D eigenvalue weighted by molar-refractivity contribution is 0.219. The normalized spacial score (nSPS) is 24.9. The van der Waals surface area contributed by atoms with Crippen LogP contribution in [0.3, 0.4) is 0 Å². The molecule has 0 saturated heterocycles. The maximum atomic E-state index is 12.1. The molecule has 2 aliphatic rings. The van der Waals surface area contributed by atoms with Gasteiger partial charge in [-0.05, 0) is 42.7 Å². The Kier molecular flexibility index (Phi) is 4.66. The van der Waals surface area contributed by atoms with E-state index in [1.807, 2.05) is 30.6 Å². The van der Waals surface area contributed by atoms with Gasteiger partial charge in [0.15, 0.2) is 0 Å². The van der Waals surface area contributed by atoms with Crippen molar-refractivity contribution in [1.82, 2.24) is 20.2 Å². The summed E-state index contributed by atoms with van der Waals surface area (Å²) in [6.07, 6.45) is 7.81. The van der Waals surface area contributed by atoms with Gasteiger partial charge in [0.25, 0.3) is 0 Å². The molecule has 6 heteroatoms. The van der Waals surface area contributed by atoms with E-state index in [2.05, 4.69) is 26.3 Å². The van der Waals surface area contributed by atoms with Crippen molar-refractivity contribution >= 4 is 17.6 Å². The van der Waals surface area contributed by atoms with E-state index in [0.717, 1.165) is 43.1 Å². The number of imidazole rings is 1. The van der Waals surface area contributed by atoms with E-state index in [1.165, 1.54) is 5.56 Å². The molecule has 5 nitrogen and oxygen atoms in total. The lowest BCUT2D eigenvalue weighted by Crippen LogP contribution is -2.48. The monoisotopic (exact) mass is 358 g/mol. The smallest absolute Gasteiger partial charge is 0.315 e. The molecule has 4 rings (SSSR count). The van der Waals surface area contributed by atoms with Gasteiger partial charge in [0, 0.05) is 43.0 Å². The van der Waals surface area contributed by atoms with Crippen molar-refractivity contribution in [3.05, 3.63) is 53.1 Å². The molecule has 1 aromatic carbocycles. The largest absolute Gasteiger partial charge is 0.338 e. The minimum absolute atomic E-state index is 0.0588. The maximum Gasteiger partial charge on any atom is 0.315 e. The number of aryl methyl sites for hydroxylation is 1. The summed E-state index contributed by atoms with van der Waals surface area (Å²) < 4.78 is 2.19. The van der Waals surface area contributed by atoms with Crippen LogP contribution >= 0.6 is 11.6 Å². The van der Waals surface area contributed by atoms with E-state index in [4.69, 9.17) is 11.6 Å². The van der Waals surface area contributed by atoms with Gasteiger partial charge in [-0.3, -0.25) is 0 Å². The molecule has 0 spiro atoms. The number of amides is 2. The second kappa shape index (κ2) is 7.08. The molecular formula is C19H23ClN4O. The number of fused-ring (bicyclic) bond motifs is 1. The fourth-order valence-corrected chi connectivity index (χ4v) is 4.15. The summed E-state index contributed by atoms with van der Waals surface area (Å²) in [5.41, 5.74) is 1.19. The van der Waals surface area contributed by atoms with Crippen LogP contribution in [0.25, 0.3) is 0 Å². The molecule has 2 heterocycles. The first kappa shape index (κ1) is 16.5. The predicted molar refractivity (Wildman–Crippen MR) is 97.8 cm³/mol. The summed E-state index contributed by atoms with van der Waals surface area (Å²) in [6, 6.07) is 8.16. The van der Waals surface area contributed by atoms with Gasteiger partial charge in [-0.2, -0.15) is 0 Å². The quantitative estimate of drug-likeness (QED) is 0.880. The van der Waals surface area contributed by atoms with Gasteiger partial charge in [0.1, 0.15) is 5.82 Å². The van der Waals surface area contributed by atoms with E-state index < -0.39 is 0 Å². The average molecular weight is 359 g/mol. The summed E-state index contributed by atoms with van der Waals surface area (Å²) in [6.45, 7) is 1.70. The van der Waals surface area contributed by atoms with Crippen molar-refractivity contribution in [3.8, 4) is 0 Å². The van der Waals surface area contributed by atoms with Crippen LogP contribution in [-0.4, -0.2) is 28.2 Å². The third kappa shape index (κ3) is 3.66. The lowest BCUT2D eigenvalue weighted by Gasteiger charge is -2.36. The van der Waals surface area contributed by atoms with Gasteiger partial charge in [0.05, 0.1) is 0 Å². The first-order valence-corrected chi connectivity index (χ1v) is 9.35. The predicted octanol–water partition coefficient (Wildman–Crippen LogP) is 3.34. The van der Waals surface area contributed by atoms with E-state index in [9.17, 15) is 4.79 Å². The Balaban J connectivity index is 1.19. The first-order valence-electron chi connectivity index (χ1n) is 8.98. The highest BCUT2D eigenvalue weighted by molar-refractivity contribution is 6.31. The second-order valence-electron chi connectivity index (χ2n) is 7.14. The van der Waals surface area contributed by atoms with Gasteiger partial charge in [-0.25, -0.2) is 9.78 Å². The van der Waals surface area contributed by atoms with Gasteiger partial charge >= 0.3 is 6.03 Å². The van der Waals surface area contributed by atoms with Crippen molar-refractivity contribution < 1.29 is 4.79 Å². The molecule has 2 aromatic rings. The Morgan fingerprint density at radius 2 is 2.16 bits per heavy atom. The molecule has 1 saturated carbocycles. The zero-order chi connectivity index (χ0) is 17.2. The van der Waals surface area contributed by atoms with E-state index in [0.29, 0.717) is 18.4 Å². The molecule has 1 unspecified atom stereocenters. The fraction of sp³-hybridized carbons (Fsp3) is 0.474. The number of nitrogens with one attached hydrogen (secondary N) is 2. The minimum Gasteiger partial charge on any atom is -0.338 e. The Morgan fingerprint density at radius 1 is 1.32 bits per heavy atom. The fourth-order valence-electron chi connectivity index (χ4n) is 3.86. The summed E-state index contributed by atoms with van der Waals surface area (Å²) in [5, 5.41) is 6.93. The number of aromatic nitrogens is 2. The molecule has 1 aliphatic heterocycles. The lowest BCUT2D eigenvalue weighted by atomic mass is 9.76. The Bertz CT molecular complexity index is 753. The number of carbonyl (C=O) groups excluding carboxylic acids is 1. The molecule has 0 bridgehead atoms. The second-order valence-corrected chi connectivity index (χ2v) is 7.54. The molecule has 1 aromatic heterocycles. The van der Waals surface area contributed by atoms with E-state index in [-0.39, 0.29) is 12.1 Å². The van der Waals surface area contributed by atoms with Crippen LogP contribution in [0.5, 0.6) is 0 Å². The molecule has 1 aliphatic carbocycles. The van der Waals surface area contributed by atoms with Crippen LogP contribution in [0.2, 0.25) is 5.02 Å². The zero-order valence-electron chi connectivity index (χ0n) is 14.1. The zero-order valence-corrected chi connectivity index (χ0v) is 14.9. The topological polar surface area (TPSA) is 59.0 Å². The third-order valence-corrected chi connectivity index (χ3v) is 5.77. The van der Waals surface area contributed by atoms with Gasteiger partial charge < -0.3 is 15.2 Å². The Morgan fingerprint density at radius 3 is 3.00 bits per heavy atom. The van der Waals surface area contributed by atoms with E-state index >= 15 is 0 Å². The van der Waals surface area contributed by atoms with Crippen LogP contribution < -0.4 is 10.6 Å². The number of hydrogen-bond acceptors (Lipinski definition) is 2. The number of rotatable bonds is 4. The number of hydrogen-bond donors (Lipinski definition) is 2. The van der Waals surface area contributed by atoms with Crippen LogP contribution in [0.4, 0.5) is 4.79 Å². The summed E-state index contributed by atoms with van der Waals surface area (Å²) in [4.78, 5) is 16.5. The number of urea groups is 1. The van der Waals surface area contributed by atoms with Crippen molar-refractivity contribution in [2.75, 3.05) is 6.54 Å². The highest BCUT2D eigenvalue weighted by atomic mass is 35.5. The number of nitrogens with zero attached hydrogens (tertiary/aromatic N) is 2. The average Bonchev–Trinajstić information content (AvgIpc) is 3.04. The summed E-state index contributed by atoms with van der Waals surface area (Å²) in [5.74, 6) is 2.05. The standard InChI is InChI=1S/C19H23ClN4O/c20-17-4-2-1-3-16(17)14-10-15(11-14)23-19(25)22-12-13-5-7-24-8-6-21-18(24)9-13/h1-4,6,8,13-15H,5,7,9-12H2,(H2,22,23,25). The van der Waals surface area contributed by atoms with Crippen LogP contribution in [0.1, 0.15) is 36.6 Å². The van der Waals surface area contributed by atoms with Crippen LogP contribution in [-0.2, 0) is 13.0 Å². The maximum absolute atomic E-state index is 12.1. The van der Waals surface area contributed by atoms with Gasteiger partial charge in [-0.1, -0.05) is 29.8 Å². The van der Waals surface area contributed by atoms with Gasteiger partial charge in [-0.15, -0.1) is 0 Å². The number of carbonyl (C=O) groups is 1. The first-order chi connectivity index (χ1) is 12.2. The van der Waals surface area contributed by atoms with Crippen molar-refractivity contribution in [2.45, 2.75) is 44.2 Å². The molecule has 0 radical (unpaired) electrons. The summed E-state index contributed by atoms with van der Waals surface area (Å²) in [7, 11) is 0. The molecular weight excluding hydrogens is 336 g/mol. The minimum atomic E-state index is -0.0588. The van der Waals surface area contributed by atoms with E-state index in [1.54, 1.807) is 0 Å².